The highest BCUT2D eigenvalue weighted by molar-refractivity contribution is 6.32. The molecule has 2 aliphatic rings. The number of carbonyl (C=O) groups is 1. The van der Waals surface area contributed by atoms with Gasteiger partial charge in [0.15, 0.2) is 6.61 Å². The van der Waals surface area contributed by atoms with E-state index in [1.54, 1.807) is 12.1 Å². The topological polar surface area (TPSA) is 62.1 Å². The number of carbonyl (C=O) groups excluding carboxylic acids is 1. The number of rotatable bonds is 5. The molecule has 0 saturated heterocycles. The summed E-state index contributed by atoms with van der Waals surface area (Å²) in [5.41, 5.74) is 0.469. The molecule has 0 spiro atoms. The lowest BCUT2D eigenvalue weighted by atomic mass is 9.84. The zero-order chi connectivity index (χ0) is 16.4. The number of nitrogens with one attached hydrogen (secondary N) is 1. The minimum atomic E-state index is -0.124. The number of hydrogen-bond donors (Lipinski definition) is 1. The Morgan fingerprint density at radius 3 is 2.91 bits per heavy atom. The van der Waals surface area contributed by atoms with Gasteiger partial charge >= 0.3 is 0 Å². The van der Waals surface area contributed by atoms with Crippen LogP contribution in [0.15, 0.2) is 18.2 Å². The first-order valence-corrected chi connectivity index (χ1v) is 8.56. The van der Waals surface area contributed by atoms with Crippen molar-refractivity contribution >= 4 is 17.5 Å². The first kappa shape index (κ1) is 16.1. The van der Waals surface area contributed by atoms with Crippen molar-refractivity contribution in [2.45, 2.75) is 38.6 Å². The average Bonchev–Trinajstić information content (AvgIpc) is 3.16. The molecule has 2 aliphatic carbocycles. The van der Waals surface area contributed by atoms with Crippen molar-refractivity contribution < 1.29 is 9.53 Å². The van der Waals surface area contributed by atoms with E-state index in [-0.39, 0.29) is 18.6 Å². The maximum Gasteiger partial charge on any atom is 0.258 e. The number of ether oxygens (including phenoxy) is 1. The molecule has 1 aromatic rings. The van der Waals surface area contributed by atoms with Gasteiger partial charge in [-0.3, -0.25) is 4.79 Å². The zero-order valence-electron chi connectivity index (χ0n) is 13.2. The van der Waals surface area contributed by atoms with E-state index in [1.807, 2.05) is 6.07 Å². The van der Waals surface area contributed by atoms with Gasteiger partial charge in [-0.15, -0.1) is 0 Å². The molecule has 2 saturated carbocycles. The molecule has 3 rings (SSSR count). The summed E-state index contributed by atoms with van der Waals surface area (Å²) in [5, 5.41) is 12.2. The summed E-state index contributed by atoms with van der Waals surface area (Å²) >= 11 is 6.04. The highest BCUT2D eigenvalue weighted by Gasteiger charge is 2.42. The Balaban J connectivity index is 1.49. The van der Waals surface area contributed by atoms with Crippen LogP contribution in [0.3, 0.4) is 0 Å². The molecule has 122 valence electrons. The van der Waals surface area contributed by atoms with E-state index >= 15 is 0 Å². The van der Waals surface area contributed by atoms with E-state index in [1.165, 1.54) is 31.7 Å². The minimum Gasteiger partial charge on any atom is -0.482 e. The normalized spacial score (nSPS) is 26.6. The quantitative estimate of drug-likeness (QED) is 0.897. The fourth-order valence-corrected chi connectivity index (χ4v) is 4.37. The van der Waals surface area contributed by atoms with Crippen LogP contribution in [0, 0.1) is 29.1 Å². The van der Waals surface area contributed by atoms with Crippen LogP contribution in [0.5, 0.6) is 5.75 Å². The summed E-state index contributed by atoms with van der Waals surface area (Å²) in [6.45, 7) is 2.04. The predicted octanol–water partition coefficient (Wildman–Crippen LogP) is 3.53. The summed E-state index contributed by atoms with van der Waals surface area (Å²) in [6.07, 6.45) is 5.26. The molecule has 1 N–H and O–H groups in total. The second-order valence-electron chi connectivity index (χ2n) is 6.74. The van der Waals surface area contributed by atoms with Crippen LogP contribution >= 0.6 is 11.6 Å². The number of nitriles is 1. The molecule has 4 atom stereocenters. The van der Waals surface area contributed by atoms with Crippen molar-refractivity contribution in [3.63, 3.8) is 0 Å². The number of nitrogens with zero attached hydrogens (tertiary/aromatic N) is 1. The summed E-state index contributed by atoms with van der Waals surface area (Å²) in [7, 11) is 0. The monoisotopic (exact) mass is 332 g/mol. The van der Waals surface area contributed by atoms with Gasteiger partial charge in [0.05, 0.1) is 16.7 Å². The van der Waals surface area contributed by atoms with Crippen molar-refractivity contribution in [2.24, 2.45) is 17.8 Å². The number of amides is 1. The summed E-state index contributed by atoms with van der Waals surface area (Å²) in [6, 6.07) is 6.98. The van der Waals surface area contributed by atoms with Crippen LogP contribution in [0.4, 0.5) is 0 Å². The van der Waals surface area contributed by atoms with E-state index < -0.39 is 0 Å². The molecule has 2 fully saturated rings. The summed E-state index contributed by atoms with van der Waals surface area (Å²) < 4.78 is 5.47. The van der Waals surface area contributed by atoms with Crippen molar-refractivity contribution in [3.05, 3.63) is 28.8 Å². The van der Waals surface area contributed by atoms with Crippen molar-refractivity contribution in [1.29, 1.82) is 5.26 Å². The van der Waals surface area contributed by atoms with Gasteiger partial charge in [0.25, 0.3) is 5.91 Å². The molecule has 0 aliphatic heterocycles. The molecule has 4 nitrogen and oxygen atoms in total. The van der Waals surface area contributed by atoms with Crippen molar-refractivity contribution in [2.75, 3.05) is 6.61 Å². The van der Waals surface area contributed by atoms with E-state index in [0.717, 1.165) is 11.8 Å². The molecular formula is C18H21ClN2O2. The van der Waals surface area contributed by atoms with E-state index in [4.69, 9.17) is 21.6 Å². The molecule has 0 aromatic heterocycles. The van der Waals surface area contributed by atoms with Crippen molar-refractivity contribution in [1.82, 2.24) is 5.32 Å². The average molecular weight is 333 g/mol. The molecule has 1 aromatic carbocycles. The molecule has 0 radical (unpaired) electrons. The number of benzene rings is 1. The van der Waals surface area contributed by atoms with Crippen LogP contribution in [0.1, 0.15) is 38.2 Å². The number of hydrogen-bond acceptors (Lipinski definition) is 3. The van der Waals surface area contributed by atoms with Crippen LogP contribution in [0.25, 0.3) is 0 Å². The Kier molecular flexibility index (Phi) is 4.77. The maximum absolute atomic E-state index is 12.1. The molecule has 4 unspecified atom stereocenters. The third kappa shape index (κ3) is 3.61. The highest BCUT2D eigenvalue weighted by atomic mass is 35.5. The Morgan fingerprint density at radius 1 is 1.48 bits per heavy atom. The Bertz CT molecular complexity index is 640. The van der Waals surface area contributed by atoms with Gasteiger partial charge in [0.2, 0.25) is 0 Å². The van der Waals surface area contributed by atoms with Gasteiger partial charge in [0.1, 0.15) is 5.75 Å². The second kappa shape index (κ2) is 6.80. The Hall–Kier alpha value is -1.73. The largest absolute Gasteiger partial charge is 0.482 e. The third-order valence-corrected chi connectivity index (χ3v) is 5.54. The van der Waals surface area contributed by atoms with Gasteiger partial charge < -0.3 is 10.1 Å². The molecular weight excluding hydrogens is 312 g/mol. The molecule has 5 heteroatoms. The van der Waals surface area contributed by atoms with Gasteiger partial charge in [-0.05, 0) is 62.1 Å². The standard InChI is InChI=1S/C18H21ClN2O2/c1-11(15-7-12-2-4-14(15)6-12)21-18(22)10-23-17-5-3-13(9-20)8-16(17)19/h3,5,8,11-12,14-15H,2,4,6-7,10H2,1H3,(H,21,22). The lowest BCUT2D eigenvalue weighted by Gasteiger charge is -2.28. The van der Waals surface area contributed by atoms with Gasteiger partial charge in [-0.25, -0.2) is 0 Å². The molecule has 1 amide bonds. The van der Waals surface area contributed by atoms with Gasteiger partial charge in [0, 0.05) is 6.04 Å². The number of halogens is 1. The zero-order valence-corrected chi connectivity index (χ0v) is 14.0. The predicted molar refractivity (Wildman–Crippen MR) is 88.2 cm³/mol. The second-order valence-corrected chi connectivity index (χ2v) is 7.15. The van der Waals surface area contributed by atoms with Gasteiger partial charge in [-0.1, -0.05) is 18.0 Å². The highest BCUT2D eigenvalue weighted by Crippen LogP contribution is 2.49. The Morgan fingerprint density at radius 2 is 2.30 bits per heavy atom. The fraction of sp³-hybridized carbons (Fsp3) is 0.556. The van der Waals surface area contributed by atoms with Crippen LogP contribution in [-0.4, -0.2) is 18.6 Å². The van der Waals surface area contributed by atoms with Crippen LogP contribution in [0.2, 0.25) is 5.02 Å². The minimum absolute atomic E-state index is 0.0588. The lowest BCUT2D eigenvalue weighted by Crippen LogP contribution is -2.42. The van der Waals surface area contributed by atoms with Crippen LogP contribution < -0.4 is 10.1 Å². The van der Waals surface area contributed by atoms with E-state index in [0.29, 0.717) is 22.3 Å². The smallest absolute Gasteiger partial charge is 0.258 e. The van der Waals surface area contributed by atoms with Gasteiger partial charge in [-0.2, -0.15) is 5.26 Å². The first-order valence-electron chi connectivity index (χ1n) is 8.18. The van der Waals surface area contributed by atoms with E-state index in [9.17, 15) is 4.79 Å². The maximum atomic E-state index is 12.1. The van der Waals surface area contributed by atoms with E-state index in [2.05, 4.69) is 12.2 Å². The summed E-state index contributed by atoms with van der Waals surface area (Å²) in [4.78, 5) is 12.1. The molecule has 2 bridgehead atoms. The van der Waals surface area contributed by atoms with Crippen LogP contribution in [-0.2, 0) is 4.79 Å². The summed E-state index contributed by atoms with van der Waals surface area (Å²) in [5.74, 6) is 2.56. The lowest BCUT2D eigenvalue weighted by molar-refractivity contribution is -0.124. The number of fused-ring (bicyclic) bond motifs is 2. The Labute approximate surface area is 141 Å². The SMILES string of the molecule is CC(NC(=O)COc1ccc(C#N)cc1Cl)C1CC2CCC1C2. The molecule has 0 heterocycles. The first-order chi connectivity index (χ1) is 11.1. The molecule has 23 heavy (non-hydrogen) atoms. The third-order valence-electron chi connectivity index (χ3n) is 5.24. The van der Waals surface area contributed by atoms with Crippen molar-refractivity contribution in [3.8, 4) is 11.8 Å². The fourth-order valence-electron chi connectivity index (χ4n) is 4.14.